The summed E-state index contributed by atoms with van der Waals surface area (Å²) in [5, 5.41) is 0. The Balaban J connectivity index is -0.0000000312. The first-order valence-corrected chi connectivity index (χ1v) is 2.08. The molecule has 0 aliphatic carbocycles. The van der Waals surface area contributed by atoms with E-state index in [1.165, 1.54) is 12.8 Å². The second-order valence-electron chi connectivity index (χ2n) is 1.32. The molecular formula is C4H11BrMgO. The van der Waals surface area contributed by atoms with Crippen molar-refractivity contribution in [1.82, 2.24) is 0 Å². The van der Waals surface area contributed by atoms with Crippen molar-refractivity contribution in [3.63, 3.8) is 0 Å². The molecular weight excluding hydrogens is 168 g/mol. The van der Waals surface area contributed by atoms with Gasteiger partial charge in [0.25, 0.3) is 0 Å². The van der Waals surface area contributed by atoms with Crippen molar-refractivity contribution < 1.29 is 7.59 Å². The van der Waals surface area contributed by atoms with Crippen molar-refractivity contribution in [2.24, 2.45) is 0 Å². The molecule has 0 unspecified atom stereocenters. The van der Waals surface area contributed by atoms with Crippen molar-refractivity contribution in [1.29, 1.82) is 0 Å². The Labute approximate surface area is 73.7 Å². The van der Waals surface area contributed by atoms with Crippen LogP contribution in [0.4, 0.5) is 0 Å². The van der Waals surface area contributed by atoms with Crippen LogP contribution in [0.15, 0.2) is 0 Å². The summed E-state index contributed by atoms with van der Waals surface area (Å²) in [6, 6.07) is 0. The van der Waals surface area contributed by atoms with Crippen molar-refractivity contribution in [3.8, 4) is 0 Å². The van der Waals surface area contributed by atoms with Gasteiger partial charge in [0.1, 0.15) is 0 Å². The molecule has 1 saturated heterocycles. The van der Waals surface area contributed by atoms with Gasteiger partial charge in [-0.05, 0) is 12.8 Å². The maximum Gasteiger partial charge on any atom is 2.00 e. The van der Waals surface area contributed by atoms with E-state index in [1.54, 1.807) is 0 Å². The maximum absolute atomic E-state index is 4.94. The SMILES string of the molecule is Br.C1CCOC1.[H-].[H-].[Mg+2]. The zero-order valence-corrected chi connectivity index (χ0v) is 7.48. The third-order valence-corrected chi connectivity index (χ3v) is 0.827. The van der Waals surface area contributed by atoms with Crippen LogP contribution in [0.5, 0.6) is 0 Å². The first-order chi connectivity index (χ1) is 2.50. The Morgan fingerprint density at radius 1 is 1.14 bits per heavy atom. The third kappa shape index (κ3) is 5.07. The number of hydrogen-bond acceptors (Lipinski definition) is 1. The van der Waals surface area contributed by atoms with E-state index in [2.05, 4.69) is 0 Å². The molecule has 0 aromatic heterocycles. The van der Waals surface area contributed by atoms with Crippen molar-refractivity contribution in [2.45, 2.75) is 12.8 Å². The van der Waals surface area contributed by atoms with Gasteiger partial charge in [-0.15, -0.1) is 17.0 Å². The summed E-state index contributed by atoms with van der Waals surface area (Å²) in [4.78, 5) is 0. The van der Waals surface area contributed by atoms with Crippen molar-refractivity contribution in [3.05, 3.63) is 0 Å². The van der Waals surface area contributed by atoms with Crippen molar-refractivity contribution in [2.75, 3.05) is 13.2 Å². The molecule has 0 bridgehead atoms. The quantitative estimate of drug-likeness (QED) is 0.508. The van der Waals surface area contributed by atoms with Gasteiger partial charge >= 0.3 is 23.1 Å². The average Bonchev–Trinajstić information content (AvgIpc) is 1.76. The van der Waals surface area contributed by atoms with Gasteiger partial charge in [-0.2, -0.15) is 0 Å². The fraction of sp³-hybridized carbons (Fsp3) is 1.00. The minimum Gasteiger partial charge on any atom is -1.00 e. The second-order valence-corrected chi connectivity index (χ2v) is 1.32. The molecule has 1 aliphatic rings. The van der Waals surface area contributed by atoms with Gasteiger partial charge in [-0.3, -0.25) is 0 Å². The molecule has 0 atom stereocenters. The predicted molar refractivity (Wildman–Crippen MR) is 38.4 cm³/mol. The molecule has 0 saturated carbocycles. The van der Waals surface area contributed by atoms with Crippen LogP contribution in [-0.2, 0) is 4.74 Å². The number of ether oxygens (including phenoxy) is 1. The number of halogens is 1. The number of rotatable bonds is 0. The Morgan fingerprint density at radius 2 is 1.57 bits per heavy atom. The zero-order chi connectivity index (χ0) is 3.54. The Kier molecular flexibility index (Phi) is 11.4. The standard InChI is InChI=1S/C4H8O.BrH.Mg.2H/c1-2-4-5-3-1;;;;/h1-4H2;1H;;;/q;;+2;2*-1. The second kappa shape index (κ2) is 7.21. The van der Waals surface area contributed by atoms with Gasteiger partial charge in [0.2, 0.25) is 0 Å². The molecule has 0 N–H and O–H groups in total. The Bertz CT molecular complexity index is 30.1. The fourth-order valence-corrected chi connectivity index (χ4v) is 0.510. The van der Waals surface area contributed by atoms with E-state index in [0.29, 0.717) is 0 Å². The Hall–Kier alpha value is 1.21. The van der Waals surface area contributed by atoms with E-state index in [1.807, 2.05) is 0 Å². The normalized spacial score (nSPS) is 17.1. The molecule has 7 heavy (non-hydrogen) atoms. The molecule has 1 nitrogen and oxygen atoms in total. The number of hydrogen-bond donors (Lipinski definition) is 0. The first kappa shape index (κ1) is 11.1. The summed E-state index contributed by atoms with van der Waals surface area (Å²) in [6.45, 7) is 2.00. The molecule has 1 rings (SSSR count). The van der Waals surface area contributed by atoms with E-state index in [9.17, 15) is 0 Å². The molecule has 1 heterocycles. The van der Waals surface area contributed by atoms with Crippen LogP contribution in [0.3, 0.4) is 0 Å². The van der Waals surface area contributed by atoms with Gasteiger partial charge in [-0.25, -0.2) is 0 Å². The van der Waals surface area contributed by atoms with E-state index < -0.39 is 0 Å². The Morgan fingerprint density at radius 3 is 1.71 bits per heavy atom. The molecule has 0 radical (unpaired) electrons. The monoisotopic (exact) mass is 178 g/mol. The average molecular weight is 179 g/mol. The predicted octanol–water partition coefficient (Wildman–Crippen LogP) is 1.22. The summed E-state index contributed by atoms with van der Waals surface area (Å²) >= 11 is 0. The summed E-state index contributed by atoms with van der Waals surface area (Å²) < 4.78 is 4.94. The molecule has 0 aromatic carbocycles. The molecule has 42 valence electrons. The van der Waals surface area contributed by atoms with Crippen molar-refractivity contribution >= 4 is 40.0 Å². The third-order valence-electron chi connectivity index (χ3n) is 0.827. The van der Waals surface area contributed by atoms with Gasteiger partial charge in [0.15, 0.2) is 0 Å². The van der Waals surface area contributed by atoms with Crippen LogP contribution in [0.25, 0.3) is 0 Å². The van der Waals surface area contributed by atoms with E-state index in [0.717, 1.165) is 13.2 Å². The van der Waals surface area contributed by atoms with Crippen LogP contribution >= 0.6 is 17.0 Å². The van der Waals surface area contributed by atoms with Crippen LogP contribution < -0.4 is 0 Å². The zero-order valence-electron chi connectivity index (χ0n) is 6.35. The molecule has 1 fully saturated rings. The summed E-state index contributed by atoms with van der Waals surface area (Å²) in [7, 11) is 0. The molecule has 0 aromatic rings. The maximum atomic E-state index is 4.94. The van der Waals surface area contributed by atoms with E-state index in [-0.39, 0.29) is 42.9 Å². The van der Waals surface area contributed by atoms with E-state index in [4.69, 9.17) is 4.74 Å². The van der Waals surface area contributed by atoms with Gasteiger partial charge in [0.05, 0.1) is 0 Å². The molecule has 1 aliphatic heterocycles. The van der Waals surface area contributed by atoms with Gasteiger partial charge in [0, 0.05) is 13.2 Å². The van der Waals surface area contributed by atoms with Crippen LogP contribution in [0.1, 0.15) is 15.7 Å². The van der Waals surface area contributed by atoms with Crippen LogP contribution in [-0.4, -0.2) is 36.3 Å². The molecule has 0 spiro atoms. The smallest absolute Gasteiger partial charge is 1.00 e. The summed E-state index contributed by atoms with van der Waals surface area (Å²) in [6.07, 6.45) is 2.56. The minimum atomic E-state index is 0. The largest absolute Gasteiger partial charge is 2.00 e. The molecule has 0 amide bonds. The molecule has 3 heteroatoms. The summed E-state index contributed by atoms with van der Waals surface area (Å²) in [5.74, 6) is 0. The van der Waals surface area contributed by atoms with Crippen LogP contribution in [0, 0.1) is 0 Å². The van der Waals surface area contributed by atoms with Crippen LogP contribution in [0.2, 0.25) is 0 Å². The fourth-order valence-electron chi connectivity index (χ4n) is 0.510. The topological polar surface area (TPSA) is 9.23 Å². The van der Waals surface area contributed by atoms with Gasteiger partial charge < -0.3 is 7.59 Å². The van der Waals surface area contributed by atoms with E-state index >= 15 is 0 Å². The first-order valence-electron chi connectivity index (χ1n) is 2.08. The minimum absolute atomic E-state index is 0. The van der Waals surface area contributed by atoms with Gasteiger partial charge in [-0.1, -0.05) is 0 Å². The summed E-state index contributed by atoms with van der Waals surface area (Å²) in [5.41, 5.74) is 0.